The first-order valence-electron chi connectivity index (χ1n) is 8.39. The van der Waals surface area contributed by atoms with Crippen LogP contribution in [0.15, 0.2) is 53.8 Å². The lowest BCUT2D eigenvalue weighted by atomic mass is 10.1. The number of methoxy groups -OCH3 is 1. The first kappa shape index (κ1) is 17.5. The SMILES string of the molecule is CCOc1ccc(/C=N/NC(=O)Cc2c[nH]c3ccccc23)cc1OC. The van der Waals surface area contributed by atoms with Gasteiger partial charge in [-0.15, -0.1) is 0 Å². The number of hydrogen-bond donors (Lipinski definition) is 2. The molecule has 0 fully saturated rings. The first-order valence-corrected chi connectivity index (χ1v) is 8.39. The van der Waals surface area contributed by atoms with E-state index >= 15 is 0 Å². The van der Waals surface area contributed by atoms with E-state index in [9.17, 15) is 4.79 Å². The van der Waals surface area contributed by atoms with Gasteiger partial charge in [-0.1, -0.05) is 18.2 Å². The second-order valence-electron chi connectivity index (χ2n) is 5.67. The van der Waals surface area contributed by atoms with Gasteiger partial charge in [-0.05, 0) is 42.3 Å². The molecular formula is C20H21N3O3. The zero-order chi connectivity index (χ0) is 18.4. The van der Waals surface area contributed by atoms with Crippen molar-refractivity contribution in [2.45, 2.75) is 13.3 Å². The van der Waals surface area contributed by atoms with E-state index in [4.69, 9.17) is 9.47 Å². The molecule has 0 saturated carbocycles. The van der Waals surface area contributed by atoms with E-state index < -0.39 is 0 Å². The Labute approximate surface area is 151 Å². The van der Waals surface area contributed by atoms with E-state index in [0.717, 1.165) is 22.0 Å². The van der Waals surface area contributed by atoms with Crippen LogP contribution >= 0.6 is 0 Å². The molecule has 3 aromatic rings. The number of nitrogens with zero attached hydrogens (tertiary/aromatic N) is 1. The predicted octanol–water partition coefficient (Wildman–Crippen LogP) is 3.27. The van der Waals surface area contributed by atoms with Gasteiger partial charge in [0.15, 0.2) is 11.5 Å². The Balaban J connectivity index is 1.62. The van der Waals surface area contributed by atoms with Gasteiger partial charge in [-0.25, -0.2) is 5.43 Å². The van der Waals surface area contributed by atoms with Crippen LogP contribution in [0.3, 0.4) is 0 Å². The number of benzene rings is 2. The molecule has 3 rings (SSSR count). The minimum atomic E-state index is -0.177. The Hall–Kier alpha value is -3.28. The van der Waals surface area contributed by atoms with Crippen molar-refractivity contribution in [2.75, 3.05) is 13.7 Å². The third-order valence-electron chi connectivity index (χ3n) is 3.92. The fourth-order valence-corrected chi connectivity index (χ4v) is 2.71. The smallest absolute Gasteiger partial charge is 0.244 e. The van der Waals surface area contributed by atoms with Gasteiger partial charge < -0.3 is 14.5 Å². The Bertz CT molecular complexity index is 931. The molecule has 0 aliphatic heterocycles. The van der Waals surface area contributed by atoms with Crippen molar-refractivity contribution in [3.63, 3.8) is 0 Å². The summed E-state index contributed by atoms with van der Waals surface area (Å²) in [4.78, 5) is 15.3. The molecule has 2 aromatic carbocycles. The average Bonchev–Trinajstić information content (AvgIpc) is 3.06. The van der Waals surface area contributed by atoms with E-state index in [2.05, 4.69) is 15.5 Å². The number of ether oxygens (including phenoxy) is 2. The molecule has 6 nitrogen and oxygen atoms in total. The molecule has 0 saturated heterocycles. The van der Waals surface area contributed by atoms with Gasteiger partial charge in [0.1, 0.15) is 0 Å². The van der Waals surface area contributed by atoms with Crippen molar-refractivity contribution in [1.29, 1.82) is 0 Å². The summed E-state index contributed by atoms with van der Waals surface area (Å²) in [5.74, 6) is 1.13. The van der Waals surface area contributed by atoms with Crippen LogP contribution < -0.4 is 14.9 Å². The summed E-state index contributed by atoms with van der Waals surface area (Å²) in [6.45, 7) is 2.48. The number of hydrazone groups is 1. The number of para-hydroxylation sites is 1. The lowest BCUT2D eigenvalue weighted by molar-refractivity contribution is -0.120. The van der Waals surface area contributed by atoms with Gasteiger partial charge in [0.2, 0.25) is 5.91 Å². The summed E-state index contributed by atoms with van der Waals surface area (Å²) in [6.07, 6.45) is 3.69. The van der Waals surface area contributed by atoms with Crippen LogP contribution in [0.1, 0.15) is 18.1 Å². The molecule has 1 aromatic heterocycles. The summed E-state index contributed by atoms with van der Waals surface area (Å²) in [6, 6.07) is 13.4. The van der Waals surface area contributed by atoms with Crippen LogP contribution in [-0.4, -0.2) is 30.8 Å². The third kappa shape index (κ3) is 4.03. The largest absolute Gasteiger partial charge is 0.493 e. The molecule has 26 heavy (non-hydrogen) atoms. The fraction of sp³-hybridized carbons (Fsp3) is 0.200. The van der Waals surface area contributed by atoms with Gasteiger partial charge in [0.25, 0.3) is 0 Å². The normalized spacial score (nSPS) is 11.0. The monoisotopic (exact) mass is 351 g/mol. The summed E-state index contributed by atoms with van der Waals surface area (Å²) in [5.41, 5.74) is 5.31. The van der Waals surface area contributed by atoms with E-state index in [-0.39, 0.29) is 12.3 Å². The number of nitrogens with one attached hydrogen (secondary N) is 2. The van der Waals surface area contributed by atoms with Crippen molar-refractivity contribution in [1.82, 2.24) is 10.4 Å². The topological polar surface area (TPSA) is 75.7 Å². The van der Waals surface area contributed by atoms with E-state index in [0.29, 0.717) is 18.1 Å². The number of hydrogen-bond acceptors (Lipinski definition) is 4. The number of fused-ring (bicyclic) bond motifs is 1. The average molecular weight is 351 g/mol. The number of carbonyl (C=O) groups excluding carboxylic acids is 1. The second-order valence-corrected chi connectivity index (χ2v) is 5.67. The van der Waals surface area contributed by atoms with Crippen LogP contribution in [0.2, 0.25) is 0 Å². The first-order chi connectivity index (χ1) is 12.7. The molecule has 0 bridgehead atoms. The Morgan fingerprint density at radius 3 is 2.88 bits per heavy atom. The molecule has 0 aliphatic carbocycles. The highest BCUT2D eigenvalue weighted by atomic mass is 16.5. The third-order valence-corrected chi connectivity index (χ3v) is 3.92. The maximum absolute atomic E-state index is 12.1. The Kier molecular flexibility index (Phi) is 5.53. The molecule has 0 spiro atoms. The highest BCUT2D eigenvalue weighted by molar-refractivity contribution is 5.89. The molecule has 2 N–H and O–H groups in total. The summed E-state index contributed by atoms with van der Waals surface area (Å²) < 4.78 is 10.8. The highest BCUT2D eigenvalue weighted by Crippen LogP contribution is 2.27. The quantitative estimate of drug-likeness (QED) is 0.507. The molecule has 1 heterocycles. The lowest BCUT2D eigenvalue weighted by Crippen LogP contribution is -2.19. The minimum absolute atomic E-state index is 0.177. The zero-order valence-electron chi connectivity index (χ0n) is 14.8. The van der Waals surface area contributed by atoms with Gasteiger partial charge in [0, 0.05) is 17.1 Å². The number of H-pyrrole nitrogens is 1. The summed E-state index contributed by atoms with van der Waals surface area (Å²) >= 11 is 0. The van der Waals surface area contributed by atoms with Gasteiger partial charge in [-0.2, -0.15) is 5.10 Å². The van der Waals surface area contributed by atoms with Crippen LogP contribution in [0, 0.1) is 0 Å². The Morgan fingerprint density at radius 1 is 1.23 bits per heavy atom. The highest BCUT2D eigenvalue weighted by Gasteiger charge is 2.08. The fourth-order valence-electron chi connectivity index (χ4n) is 2.71. The van der Waals surface area contributed by atoms with Crippen LogP contribution in [0.4, 0.5) is 0 Å². The summed E-state index contributed by atoms with van der Waals surface area (Å²) in [7, 11) is 1.59. The molecule has 0 unspecified atom stereocenters. The van der Waals surface area contributed by atoms with Crippen LogP contribution in [0.5, 0.6) is 11.5 Å². The Morgan fingerprint density at radius 2 is 2.08 bits per heavy atom. The van der Waals surface area contributed by atoms with E-state index in [1.54, 1.807) is 19.4 Å². The molecule has 0 atom stereocenters. The van der Waals surface area contributed by atoms with Gasteiger partial charge >= 0.3 is 0 Å². The van der Waals surface area contributed by atoms with Crippen molar-refractivity contribution >= 4 is 23.0 Å². The second kappa shape index (κ2) is 8.20. The zero-order valence-corrected chi connectivity index (χ0v) is 14.8. The standard InChI is InChI=1S/C20H21N3O3/c1-3-26-18-9-8-14(10-19(18)25-2)12-22-23-20(24)11-15-13-21-17-7-5-4-6-16(15)17/h4-10,12-13,21H,3,11H2,1-2H3,(H,23,24)/b22-12+. The molecule has 134 valence electrons. The molecule has 1 amide bonds. The number of amides is 1. The van der Waals surface area contributed by atoms with E-state index in [1.165, 1.54) is 0 Å². The number of rotatable bonds is 7. The molecule has 0 aliphatic rings. The minimum Gasteiger partial charge on any atom is -0.493 e. The lowest BCUT2D eigenvalue weighted by Gasteiger charge is -2.09. The van der Waals surface area contributed by atoms with Gasteiger partial charge in [0.05, 0.1) is 26.4 Å². The maximum Gasteiger partial charge on any atom is 0.244 e. The summed E-state index contributed by atoms with van der Waals surface area (Å²) in [5, 5.41) is 5.07. The van der Waals surface area contributed by atoms with Crippen molar-refractivity contribution in [2.24, 2.45) is 5.10 Å². The molecule has 0 radical (unpaired) electrons. The van der Waals surface area contributed by atoms with Crippen molar-refractivity contribution < 1.29 is 14.3 Å². The van der Waals surface area contributed by atoms with Crippen molar-refractivity contribution in [3.8, 4) is 11.5 Å². The van der Waals surface area contributed by atoms with Crippen LogP contribution in [-0.2, 0) is 11.2 Å². The van der Waals surface area contributed by atoms with E-state index in [1.807, 2.05) is 49.5 Å². The van der Waals surface area contributed by atoms with Gasteiger partial charge in [-0.3, -0.25) is 4.79 Å². The van der Waals surface area contributed by atoms with Crippen LogP contribution in [0.25, 0.3) is 10.9 Å². The maximum atomic E-state index is 12.1. The number of aromatic amines is 1. The molecule has 6 heteroatoms. The number of aromatic nitrogens is 1. The van der Waals surface area contributed by atoms with Crippen molar-refractivity contribution in [3.05, 3.63) is 59.8 Å². The molecular weight excluding hydrogens is 330 g/mol. The number of carbonyl (C=O) groups is 1. The predicted molar refractivity (Wildman–Crippen MR) is 102 cm³/mol.